The molecule has 0 atom stereocenters. The van der Waals surface area contributed by atoms with Crippen LogP contribution in [0.1, 0.15) is 36.0 Å². The van der Waals surface area contributed by atoms with Gasteiger partial charge in [-0.3, -0.25) is 14.9 Å². The summed E-state index contributed by atoms with van der Waals surface area (Å²) in [6, 6.07) is 1.84. The van der Waals surface area contributed by atoms with Gasteiger partial charge in [-0.25, -0.2) is 4.39 Å². The number of carbonyl (C=O) groups is 1. The highest BCUT2D eigenvalue weighted by atomic mass is 19.1. The van der Waals surface area contributed by atoms with Gasteiger partial charge in [-0.2, -0.15) is 0 Å². The highest BCUT2D eigenvalue weighted by molar-refractivity contribution is 6.01. The van der Waals surface area contributed by atoms with Crippen LogP contribution in [-0.4, -0.2) is 17.4 Å². The number of nitro benzene ring substituents is 1. The molecule has 0 bridgehead atoms. The van der Waals surface area contributed by atoms with E-state index in [0.29, 0.717) is 6.54 Å². The average molecular weight is 281 g/mol. The number of amides is 1. The second kappa shape index (κ2) is 5.85. The van der Waals surface area contributed by atoms with E-state index in [1.165, 1.54) is 12.8 Å². The Bertz CT molecular complexity index is 544. The lowest BCUT2D eigenvalue weighted by Crippen LogP contribution is -2.26. The molecule has 1 amide bonds. The normalized spacial score (nSPS) is 14.1. The van der Waals surface area contributed by atoms with Crippen molar-refractivity contribution in [2.75, 3.05) is 12.3 Å². The third-order valence-electron chi connectivity index (χ3n) is 3.37. The van der Waals surface area contributed by atoms with Gasteiger partial charge in [-0.15, -0.1) is 0 Å². The molecule has 0 radical (unpaired) electrons. The molecule has 1 aromatic rings. The summed E-state index contributed by atoms with van der Waals surface area (Å²) in [4.78, 5) is 21.9. The van der Waals surface area contributed by atoms with E-state index in [4.69, 9.17) is 5.73 Å². The molecule has 6 nitrogen and oxygen atoms in total. The molecule has 3 N–H and O–H groups in total. The van der Waals surface area contributed by atoms with Gasteiger partial charge in [0.1, 0.15) is 17.1 Å². The van der Waals surface area contributed by atoms with Gasteiger partial charge in [0.25, 0.3) is 11.6 Å². The van der Waals surface area contributed by atoms with Gasteiger partial charge in [-0.05, 0) is 24.8 Å². The molecule has 1 fully saturated rings. The summed E-state index contributed by atoms with van der Waals surface area (Å²) < 4.78 is 13.6. The summed E-state index contributed by atoms with van der Waals surface area (Å²) >= 11 is 0. The van der Waals surface area contributed by atoms with Crippen LogP contribution < -0.4 is 11.1 Å². The average Bonchev–Trinajstić information content (AvgIpc) is 3.18. The quantitative estimate of drug-likeness (QED) is 0.361. The van der Waals surface area contributed by atoms with E-state index < -0.39 is 33.6 Å². The first-order chi connectivity index (χ1) is 9.50. The Kier molecular flexibility index (Phi) is 4.16. The van der Waals surface area contributed by atoms with E-state index in [0.717, 1.165) is 30.9 Å². The summed E-state index contributed by atoms with van der Waals surface area (Å²) in [5.41, 5.74) is 4.15. The third-order valence-corrected chi connectivity index (χ3v) is 3.37. The highest BCUT2D eigenvalue weighted by Crippen LogP contribution is 2.33. The smallest absolute Gasteiger partial charge is 0.293 e. The largest absolute Gasteiger partial charge is 0.392 e. The van der Waals surface area contributed by atoms with Gasteiger partial charge in [-0.1, -0.05) is 12.8 Å². The zero-order valence-corrected chi connectivity index (χ0v) is 10.9. The van der Waals surface area contributed by atoms with Crippen molar-refractivity contribution in [2.45, 2.75) is 25.7 Å². The highest BCUT2D eigenvalue weighted by Gasteiger charge is 2.24. The van der Waals surface area contributed by atoms with Gasteiger partial charge in [0, 0.05) is 12.6 Å². The Balaban J connectivity index is 2.03. The summed E-state index contributed by atoms with van der Waals surface area (Å²) in [7, 11) is 0. The molecule has 0 aromatic heterocycles. The number of rotatable bonds is 6. The first kappa shape index (κ1) is 14.2. The van der Waals surface area contributed by atoms with Crippen molar-refractivity contribution in [3.05, 3.63) is 33.6 Å². The Labute approximate surface area is 115 Å². The number of carbonyl (C=O) groups excluding carboxylic acids is 1. The minimum atomic E-state index is -0.854. The minimum Gasteiger partial charge on any atom is -0.392 e. The predicted molar refractivity (Wildman–Crippen MR) is 71.8 cm³/mol. The molecule has 1 saturated carbocycles. The topological polar surface area (TPSA) is 98.3 Å². The van der Waals surface area contributed by atoms with E-state index in [2.05, 4.69) is 5.32 Å². The predicted octanol–water partition coefficient (Wildman–Crippen LogP) is 2.24. The second-order valence-electron chi connectivity index (χ2n) is 4.95. The van der Waals surface area contributed by atoms with Crippen LogP contribution >= 0.6 is 0 Å². The number of benzene rings is 1. The molecule has 0 spiro atoms. The van der Waals surface area contributed by atoms with Crippen LogP contribution in [0.4, 0.5) is 15.8 Å². The van der Waals surface area contributed by atoms with E-state index >= 15 is 0 Å². The van der Waals surface area contributed by atoms with E-state index in [9.17, 15) is 19.3 Å². The van der Waals surface area contributed by atoms with Crippen molar-refractivity contribution in [3.8, 4) is 0 Å². The molecule has 0 unspecified atom stereocenters. The molecular weight excluding hydrogens is 265 g/mol. The van der Waals surface area contributed by atoms with Crippen LogP contribution in [0.15, 0.2) is 12.1 Å². The summed E-state index contributed by atoms with van der Waals surface area (Å²) in [5.74, 6) is -0.807. The van der Waals surface area contributed by atoms with E-state index in [1.807, 2.05) is 0 Å². The summed E-state index contributed by atoms with van der Waals surface area (Å²) in [6.45, 7) is 0.414. The molecule has 0 heterocycles. The van der Waals surface area contributed by atoms with Crippen molar-refractivity contribution in [3.63, 3.8) is 0 Å². The number of hydrogen-bond donors (Lipinski definition) is 2. The monoisotopic (exact) mass is 281 g/mol. The first-order valence-corrected chi connectivity index (χ1v) is 6.51. The number of halogens is 1. The van der Waals surface area contributed by atoms with Gasteiger partial charge < -0.3 is 11.1 Å². The molecule has 108 valence electrons. The fourth-order valence-corrected chi connectivity index (χ4v) is 2.06. The maximum absolute atomic E-state index is 13.6. The zero-order chi connectivity index (χ0) is 14.7. The van der Waals surface area contributed by atoms with Crippen LogP contribution in [0.3, 0.4) is 0 Å². The lowest BCUT2D eigenvalue weighted by atomic mass is 10.1. The molecule has 7 heteroatoms. The number of nitro groups is 1. The SMILES string of the molecule is Nc1c([N+](=O)[O-])ccc(F)c1C(=O)NCCCC1CC1. The Morgan fingerprint density at radius 2 is 2.20 bits per heavy atom. The summed E-state index contributed by atoms with van der Waals surface area (Å²) in [6.07, 6.45) is 4.32. The van der Waals surface area contributed by atoms with Crippen LogP contribution in [0.25, 0.3) is 0 Å². The summed E-state index contributed by atoms with van der Waals surface area (Å²) in [5, 5.41) is 13.3. The Morgan fingerprint density at radius 3 is 2.80 bits per heavy atom. The van der Waals surface area contributed by atoms with Crippen molar-refractivity contribution in [1.82, 2.24) is 5.32 Å². The lowest BCUT2D eigenvalue weighted by Gasteiger charge is -2.08. The number of anilines is 1. The maximum atomic E-state index is 13.6. The van der Waals surface area contributed by atoms with Crippen molar-refractivity contribution in [1.29, 1.82) is 0 Å². The standard InChI is InChI=1S/C13H16FN3O3/c14-9-5-6-10(17(19)20)12(15)11(9)13(18)16-7-1-2-8-3-4-8/h5-6,8H,1-4,7,15H2,(H,16,18). The van der Waals surface area contributed by atoms with E-state index in [-0.39, 0.29) is 0 Å². The van der Waals surface area contributed by atoms with Crippen molar-refractivity contribution < 1.29 is 14.1 Å². The molecule has 2 rings (SSSR count). The lowest BCUT2D eigenvalue weighted by molar-refractivity contribution is -0.384. The fourth-order valence-electron chi connectivity index (χ4n) is 2.06. The number of nitrogens with one attached hydrogen (secondary N) is 1. The Morgan fingerprint density at radius 1 is 1.50 bits per heavy atom. The zero-order valence-electron chi connectivity index (χ0n) is 10.9. The molecule has 1 aromatic carbocycles. The Hall–Kier alpha value is -2.18. The maximum Gasteiger partial charge on any atom is 0.293 e. The van der Waals surface area contributed by atoms with Gasteiger partial charge in [0.05, 0.1) is 4.92 Å². The number of nitrogens with zero attached hydrogens (tertiary/aromatic N) is 1. The van der Waals surface area contributed by atoms with Crippen molar-refractivity contribution in [2.24, 2.45) is 5.92 Å². The van der Waals surface area contributed by atoms with Crippen LogP contribution in [-0.2, 0) is 0 Å². The molecule has 1 aliphatic rings. The molecule has 1 aliphatic carbocycles. The van der Waals surface area contributed by atoms with Crippen molar-refractivity contribution >= 4 is 17.3 Å². The second-order valence-corrected chi connectivity index (χ2v) is 4.95. The third kappa shape index (κ3) is 3.23. The molecule has 20 heavy (non-hydrogen) atoms. The van der Waals surface area contributed by atoms with Gasteiger partial charge in [0.2, 0.25) is 0 Å². The van der Waals surface area contributed by atoms with Gasteiger partial charge in [0.15, 0.2) is 0 Å². The minimum absolute atomic E-state index is 0.414. The van der Waals surface area contributed by atoms with Gasteiger partial charge >= 0.3 is 0 Å². The molecule has 0 saturated heterocycles. The van der Waals surface area contributed by atoms with Crippen LogP contribution in [0.2, 0.25) is 0 Å². The molecule has 0 aliphatic heterocycles. The number of nitrogens with two attached hydrogens (primary N) is 1. The van der Waals surface area contributed by atoms with E-state index in [1.54, 1.807) is 0 Å². The van der Waals surface area contributed by atoms with Crippen LogP contribution in [0, 0.1) is 21.8 Å². The van der Waals surface area contributed by atoms with Crippen LogP contribution in [0.5, 0.6) is 0 Å². The first-order valence-electron chi connectivity index (χ1n) is 6.51. The number of hydrogen-bond acceptors (Lipinski definition) is 4. The fraction of sp³-hybridized carbons (Fsp3) is 0.462. The molecular formula is C13H16FN3O3. The number of nitrogen functional groups attached to an aromatic ring is 1.